The van der Waals surface area contributed by atoms with Gasteiger partial charge in [-0.15, -0.1) is 0 Å². The molecule has 7 fully saturated rings. The van der Waals surface area contributed by atoms with Gasteiger partial charge in [-0.25, -0.2) is 14.4 Å². The van der Waals surface area contributed by atoms with Crippen molar-refractivity contribution in [3.8, 4) is 0 Å². The van der Waals surface area contributed by atoms with Crippen LogP contribution < -0.4 is 0 Å². The normalized spacial score (nSPS) is 50.7. The summed E-state index contributed by atoms with van der Waals surface area (Å²) in [5.74, 6) is -9.47. The van der Waals surface area contributed by atoms with Crippen molar-refractivity contribution in [2.75, 3.05) is 19.8 Å². The lowest BCUT2D eigenvalue weighted by Gasteiger charge is -2.71. The molecule has 4 saturated carbocycles. The first-order chi connectivity index (χ1) is 31.7. The summed E-state index contributed by atoms with van der Waals surface area (Å²) in [4.78, 5) is 50.7. The van der Waals surface area contributed by atoms with Crippen LogP contribution in [0.2, 0.25) is 0 Å². The van der Waals surface area contributed by atoms with Gasteiger partial charge in [0.2, 0.25) is 12.6 Å². The van der Waals surface area contributed by atoms with E-state index in [9.17, 15) is 70.2 Å². The van der Waals surface area contributed by atoms with Gasteiger partial charge in [0.05, 0.1) is 24.7 Å². The Morgan fingerprint density at radius 2 is 1.46 bits per heavy atom. The fourth-order valence-corrected chi connectivity index (χ4v) is 14.8. The summed E-state index contributed by atoms with van der Waals surface area (Å²) in [6, 6.07) is 0. The van der Waals surface area contributed by atoms with E-state index in [0.717, 1.165) is 12.8 Å². The van der Waals surface area contributed by atoms with Crippen molar-refractivity contribution in [2.24, 2.45) is 50.2 Å². The lowest BCUT2D eigenvalue weighted by atomic mass is 9.33. The zero-order valence-corrected chi connectivity index (χ0v) is 39.4. The Kier molecular flexibility index (Phi) is 13.4. The minimum atomic E-state index is -3.37. The van der Waals surface area contributed by atoms with Crippen LogP contribution in [0.25, 0.3) is 0 Å². The lowest BCUT2D eigenvalue weighted by Crippen LogP contribution is -2.72. The molecule has 0 radical (unpaired) electrons. The number of fused-ring (bicyclic) bond motifs is 8. The molecule has 8 aliphatic rings. The maximum absolute atomic E-state index is 14.7. The van der Waals surface area contributed by atoms with Gasteiger partial charge < -0.3 is 84.2 Å². The highest BCUT2D eigenvalue weighted by molar-refractivity contribution is 5.79. The average Bonchev–Trinajstić information content (AvgIpc) is 3.27. The molecule has 0 unspecified atom stereocenters. The van der Waals surface area contributed by atoms with E-state index in [1.54, 1.807) is 0 Å². The fraction of sp³-hybridized carbons (Fsp3) is 0.872. The molecule has 0 bridgehead atoms. The molecule has 0 amide bonds. The number of allylic oxidation sites excluding steroid dienone is 2. The first-order valence-electron chi connectivity index (χ1n) is 23.9. The predicted molar refractivity (Wildman–Crippen MR) is 227 cm³/mol. The fourth-order valence-electron chi connectivity index (χ4n) is 14.8. The maximum Gasteiger partial charge on any atom is 0.369 e. The number of esters is 1. The quantitative estimate of drug-likeness (QED) is 0.0772. The van der Waals surface area contributed by atoms with Gasteiger partial charge in [0.1, 0.15) is 49.3 Å². The van der Waals surface area contributed by atoms with Crippen molar-refractivity contribution < 1.29 is 103 Å². The summed E-state index contributed by atoms with van der Waals surface area (Å²) in [5, 5.41) is 105. The third kappa shape index (κ3) is 7.76. The zero-order valence-electron chi connectivity index (χ0n) is 39.4. The highest BCUT2D eigenvalue weighted by atomic mass is 16.8. The standard InChI is InChI=1S/C47H70O21/c1-41(2)13-15-46(39(60)67-36-30(54)29(53)28(52)23(18-48)63-36)16-14-44(5)21(22(46)17-41)7-8-25-42(3)11-10-26(43(4,20-49)24(42)9-12-45(25,44)6)64-37-31(55)32-33(34(65-37)35(56)57)68-47(61,38(58)59)40(66-32)62-19-27(50)51/h7,22-26,28-34,36-37,40,48-49,52-55,61H,8-20H2,1-6H3,(H,50,51)(H,56,57)(H,58,59)/t22-,23+,24+,25+,26-,28+,29-,30+,31+,32+,33+,34-,36-,37+,40-,42-,43-,44+,45+,46-,47-/m0/s1. The molecule has 0 aromatic carbocycles. The van der Waals surface area contributed by atoms with E-state index in [1.165, 1.54) is 5.57 Å². The van der Waals surface area contributed by atoms with Gasteiger partial charge >= 0.3 is 29.7 Å². The van der Waals surface area contributed by atoms with Crippen LogP contribution in [-0.4, -0.2) is 174 Å². The summed E-state index contributed by atoms with van der Waals surface area (Å²) >= 11 is 0. The van der Waals surface area contributed by atoms with Crippen LogP contribution in [-0.2, 0) is 52.3 Å². The Labute approximate surface area is 393 Å². The van der Waals surface area contributed by atoms with Gasteiger partial charge in [0.25, 0.3) is 0 Å². The number of hydrogen-bond donors (Lipinski definition) is 10. The van der Waals surface area contributed by atoms with E-state index >= 15 is 0 Å². The molecule has 10 N–H and O–H groups in total. The molecule has 0 spiro atoms. The number of aliphatic hydroxyl groups excluding tert-OH is 6. The molecule has 21 nitrogen and oxygen atoms in total. The van der Waals surface area contributed by atoms with E-state index in [-0.39, 0.29) is 46.0 Å². The average molecular weight is 971 g/mol. The Hall–Kier alpha value is -2.90. The van der Waals surface area contributed by atoms with Gasteiger partial charge in [0, 0.05) is 5.41 Å². The molecule has 8 rings (SSSR count). The van der Waals surface area contributed by atoms with E-state index < -0.39 is 128 Å². The lowest BCUT2D eigenvalue weighted by molar-refractivity contribution is -0.435. The molecule has 0 aromatic rings. The number of carboxylic acids is 3. The monoisotopic (exact) mass is 970 g/mol. The Bertz CT molecular complexity index is 2010. The second-order valence-electron chi connectivity index (χ2n) is 22.8. The molecule has 0 aromatic heterocycles. The van der Waals surface area contributed by atoms with Crippen LogP contribution >= 0.6 is 0 Å². The minimum absolute atomic E-state index is 0.0941. The molecule has 3 saturated heterocycles. The van der Waals surface area contributed by atoms with E-state index in [2.05, 4.69) is 40.7 Å². The maximum atomic E-state index is 14.7. The SMILES string of the molecule is CC1(C)CC[C@]2(C(=O)O[C@@H]3O[C@H](CO)[C@@H](O)[C@H](O)[C@H]3O)CC[C@]3(C)C(=CC[C@@H]4[C@@]5(C)CC[C@H](O[C@@H]6O[C@H](C(=O)O)[C@@H]7O[C@@](O)(C(=O)O)[C@@H](OCC(=O)O)O[C@@H]7[C@H]6O)[C@@](C)(CO)[C@@H]5CC[C@]43C)[C@@H]2C1. The van der Waals surface area contributed by atoms with Crippen molar-refractivity contribution >= 4 is 23.9 Å². The number of ether oxygens (including phenoxy) is 7. The third-order valence-electron chi connectivity index (χ3n) is 18.8. The predicted octanol–water partition coefficient (Wildman–Crippen LogP) is 0.644. The summed E-state index contributed by atoms with van der Waals surface area (Å²) < 4.78 is 39.8. The Balaban J connectivity index is 1.05. The first-order valence-corrected chi connectivity index (χ1v) is 23.9. The summed E-state index contributed by atoms with van der Waals surface area (Å²) in [7, 11) is 0. The first kappa shape index (κ1) is 51.5. The molecular formula is C47H70O21. The zero-order chi connectivity index (χ0) is 49.9. The van der Waals surface area contributed by atoms with Crippen LogP contribution in [0, 0.1) is 50.2 Å². The smallest absolute Gasteiger partial charge is 0.369 e. The minimum Gasteiger partial charge on any atom is -0.480 e. The second-order valence-corrected chi connectivity index (χ2v) is 22.8. The number of carbonyl (C=O) groups is 4. The topological polar surface area (TPSA) is 335 Å². The molecule has 21 atom stereocenters. The third-order valence-corrected chi connectivity index (χ3v) is 18.8. The largest absolute Gasteiger partial charge is 0.480 e. The van der Waals surface area contributed by atoms with Gasteiger partial charge in [-0.2, -0.15) is 0 Å². The highest BCUT2D eigenvalue weighted by Gasteiger charge is 2.71. The molecule has 21 heteroatoms. The molecule has 3 heterocycles. The number of rotatable bonds is 11. The van der Waals surface area contributed by atoms with Crippen LogP contribution in [0.5, 0.6) is 0 Å². The van der Waals surface area contributed by atoms with Crippen LogP contribution in [0.15, 0.2) is 11.6 Å². The van der Waals surface area contributed by atoms with E-state index in [0.29, 0.717) is 51.4 Å². The van der Waals surface area contributed by atoms with Gasteiger partial charge in [0.15, 0.2) is 12.4 Å². The molecule has 384 valence electrons. The van der Waals surface area contributed by atoms with Crippen molar-refractivity contribution in [1.82, 2.24) is 0 Å². The van der Waals surface area contributed by atoms with Crippen molar-refractivity contribution in [1.29, 1.82) is 0 Å². The molecule has 5 aliphatic carbocycles. The summed E-state index contributed by atoms with van der Waals surface area (Å²) in [6.45, 7) is 11.1. The van der Waals surface area contributed by atoms with Crippen molar-refractivity contribution in [3.05, 3.63) is 11.6 Å². The Morgan fingerprint density at radius 1 is 0.765 bits per heavy atom. The molecule has 3 aliphatic heterocycles. The van der Waals surface area contributed by atoms with E-state index in [1.807, 2.05) is 6.92 Å². The molecule has 68 heavy (non-hydrogen) atoms. The van der Waals surface area contributed by atoms with Gasteiger partial charge in [-0.05, 0) is 104 Å². The van der Waals surface area contributed by atoms with Crippen LogP contribution in [0.3, 0.4) is 0 Å². The second kappa shape index (κ2) is 17.7. The molecular weight excluding hydrogens is 900 g/mol. The van der Waals surface area contributed by atoms with Crippen LogP contribution in [0.4, 0.5) is 0 Å². The number of carboxylic acid groups (broad SMARTS) is 3. The van der Waals surface area contributed by atoms with Crippen molar-refractivity contribution in [3.63, 3.8) is 0 Å². The number of aliphatic carboxylic acids is 3. The Morgan fingerprint density at radius 3 is 2.09 bits per heavy atom. The number of hydrogen-bond acceptors (Lipinski definition) is 18. The summed E-state index contributed by atoms with van der Waals surface area (Å²) in [6.07, 6.45) is -11.8. The number of carbonyl (C=O) groups excluding carboxylic acids is 1. The van der Waals surface area contributed by atoms with Crippen molar-refractivity contribution in [2.45, 2.75) is 185 Å². The summed E-state index contributed by atoms with van der Waals surface area (Å²) in [5.41, 5.74) is -1.89. The van der Waals surface area contributed by atoms with Crippen LogP contribution in [0.1, 0.15) is 106 Å². The van der Waals surface area contributed by atoms with Gasteiger partial charge in [-0.3, -0.25) is 4.79 Å². The number of aliphatic hydroxyl groups is 7. The van der Waals surface area contributed by atoms with Gasteiger partial charge in [-0.1, -0.05) is 53.2 Å². The highest BCUT2D eigenvalue weighted by Crippen LogP contribution is 2.76. The van der Waals surface area contributed by atoms with E-state index in [4.69, 9.17) is 33.2 Å².